The van der Waals surface area contributed by atoms with Crippen LogP contribution < -0.4 is 5.32 Å². The van der Waals surface area contributed by atoms with Crippen LogP contribution in [0.2, 0.25) is 0 Å². The topological polar surface area (TPSA) is 113 Å². The van der Waals surface area contributed by atoms with Gasteiger partial charge in [-0.05, 0) is 49.9 Å². The molecule has 9 nitrogen and oxygen atoms in total. The van der Waals surface area contributed by atoms with E-state index in [1.165, 1.54) is 6.07 Å². The molecule has 1 N–H and O–H groups in total. The Balaban J connectivity index is 0.00000167. The number of anilines is 1. The molecule has 1 aliphatic heterocycles. The number of carbonyl (C=O) groups excluding carboxylic acids is 2. The van der Waals surface area contributed by atoms with Crippen LogP contribution in [0, 0.1) is 11.3 Å². The van der Waals surface area contributed by atoms with E-state index in [0.29, 0.717) is 53.4 Å². The highest BCUT2D eigenvalue weighted by molar-refractivity contribution is 6.04. The summed E-state index contributed by atoms with van der Waals surface area (Å²) in [5.41, 5.74) is 2.38. The molecule has 0 saturated carbocycles. The normalized spacial score (nSPS) is 13.0. The molecule has 0 aliphatic carbocycles. The third kappa shape index (κ3) is 6.22. The van der Waals surface area contributed by atoms with Crippen molar-refractivity contribution in [1.82, 2.24) is 19.4 Å². The summed E-state index contributed by atoms with van der Waals surface area (Å²) in [7, 11) is 1.63. The largest absolute Gasteiger partial charge is 0.385 e. The molecule has 2 aromatic heterocycles. The first-order valence-corrected chi connectivity index (χ1v) is 12.1. The molecule has 0 bridgehead atoms. The lowest BCUT2D eigenvalue weighted by Crippen LogP contribution is -2.35. The quantitative estimate of drug-likeness (QED) is 0.510. The number of aromatic nitrogens is 3. The molecule has 1 aliphatic rings. The van der Waals surface area contributed by atoms with Gasteiger partial charge in [0.25, 0.3) is 11.8 Å². The minimum absolute atomic E-state index is 0.0445. The fraction of sp³-hybridized carbons (Fsp3) is 0.423. The molecule has 35 heavy (non-hydrogen) atoms. The van der Waals surface area contributed by atoms with Crippen LogP contribution in [0.4, 0.5) is 5.95 Å². The van der Waals surface area contributed by atoms with Gasteiger partial charge in [0.05, 0.1) is 17.2 Å². The van der Waals surface area contributed by atoms with Crippen molar-refractivity contribution in [1.29, 1.82) is 5.26 Å². The highest BCUT2D eigenvalue weighted by Gasteiger charge is 2.21. The third-order valence-corrected chi connectivity index (χ3v) is 5.68. The van der Waals surface area contributed by atoms with Crippen LogP contribution in [-0.2, 0) is 11.3 Å². The zero-order valence-corrected chi connectivity index (χ0v) is 20.6. The van der Waals surface area contributed by atoms with Crippen molar-refractivity contribution < 1.29 is 14.3 Å². The number of hydrogen-bond acceptors (Lipinski definition) is 6. The predicted molar refractivity (Wildman–Crippen MR) is 134 cm³/mol. The Morgan fingerprint density at radius 2 is 1.91 bits per heavy atom. The number of nitrogens with one attached hydrogen (secondary N) is 1. The number of imidazole rings is 1. The number of methoxy groups -OCH3 is 1. The van der Waals surface area contributed by atoms with Gasteiger partial charge >= 0.3 is 0 Å². The molecule has 184 valence electrons. The molecular weight excluding hydrogens is 444 g/mol. The van der Waals surface area contributed by atoms with Crippen LogP contribution in [-0.4, -0.2) is 58.1 Å². The first-order valence-electron chi connectivity index (χ1n) is 12.1. The standard InChI is InChI=1S/C24H26N6O3.C2H6/c1-33-12-6-11-30-21-20(14-19(16-26-21)23(32)29-9-3-2-4-10-29)27-24(30)28-22(31)18-8-5-7-17(13-18)15-25;1-2/h5,7-8,13-14,16H,2-4,6,9-12H2,1H3,(H,27,28,31);1-2H3. The Bertz CT molecular complexity index is 1210. The third-order valence-electron chi connectivity index (χ3n) is 5.68. The number of carbonyl (C=O) groups is 2. The molecular formula is C26H32N6O3. The summed E-state index contributed by atoms with van der Waals surface area (Å²) >= 11 is 0. The lowest BCUT2D eigenvalue weighted by Gasteiger charge is -2.26. The summed E-state index contributed by atoms with van der Waals surface area (Å²) in [5.74, 6) is -0.0829. The number of amides is 2. The number of hydrogen-bond donors (Lipinski definition) is 1. The zero-order chi connectivity index (χ0) is 25.2. The number of benzene rings is 1. The number of piperidine rings is 1. The fourth-order valence-electron chi connectivity index (χ4n) is 3.99. The highest BCUT2D eigenvalue weighted by Crippen LogP contribution is 2.22. The molecule has 1 aromatic carbocycles. The van der Waals surface area contributed by atoms with Crippen LogP contribution >= 0.6 is 0 Å². The van der Waals surface area contributed by atoms with E-state index in [1.54, 1.807) is 37.6 Å². The first kappa shape index (κ1) is 25.8. The monoisotopic (exact) mass is 476 g/mol. The second-order valence-corrected chi connectivity index (χ2v) is 8.00. The Labute approximate surface area is 205 Å². The fourth-order valence-corrected chi connectivity index (χ4v) is 3.99. The van der Waals surface area contributed by atoms with Crippen LogP contribution in [0.15, 0.2) is 36.5 Å². The van der Waals surface area contributed by atoms with Crippen molar-refractivity contribution in [2.24, 2.45) is 0 Å². The van der Waals surface area contributed by atoms with Crippen molar-refractivity contribution >= 4 is 28.9 Å². The van der Waals surface area contributed by atoms with Crippen molar-refractivity contribution in [2.75, 3.05) is 32.1 Å². The SMILES string of the molecule is CC.COCCCn1c(NC(=O)c2cccc(C#N)c2)nc2cc(C(=O)N3CCCCC3)cnc21. The Morgan fingerprint density at radius 3 is 2.63 bits per heavy atom. The maximum atomic E-state index is 12.9. The highest BCUT2D eigenvalue weighted by atomic mass is 16.5. The van der Waals surface area contributed by atoms with Crippen LogP contribution in [0.1, 0.15) is 65.8 Å². The number of fused-ring (bicyclic) bond motifs is 1. The number of nitriles is 1. The van der Waals surface area contributed by atoms with Gasteiger partial charge in [0, 0.05) is 45.1 Å². The number of ether oxygens (including phenoxy) is 1. The second kappa shape index (κ2) is 12.6. The summed E-state index contributed by atoms with van der Waals surface area (Å²) in [6, 6.07) is 10.2. The van der Waals surface area contributed by atoms with Gasteiger partial charge in [0.2, 0.25) is 5.95 Å². The average Bonchev–Trinajstić information content (AvgIpc) is 3.26. The van der Waals surface area contributed by atoms with E-state index in [-0.39, 0.29) is 11.8 Å². The molecule has 0 unspecified atom stereocenters. The summed E-state index contributed by atoms with van der Waals surface area (Å²) < 4.78 is 6.98. The lowest BCUT2D eigenvalue weighted by molar-refractivity contribution is 0.0724. The molecule has 9 heteroatoms. The van der Waals surface area contributed by atoms with E-state index in [4.69, 9.17) is 10.00 Å². The number of likely N-dealkylation sites (tertiary alicyclic amines) is 1. The molecule has 0 spiro atoms. The van der Waals surface area contributed by atoms with Gasteiger partial charge in [-0.15, -0.1) is 0 Å². The average molecular weight is 477 g/mol. The minimum Gasteiger partial charge on any atom is -0.385 e. The number of aryl methyl sites for hydroxylation is 1. The molecule has 0 atom stereocenters. The molecule has 2 amide bonds. The number of rotatable bonds is 7. The number of pyridine rings is 1. The Morgan fingerprint density at radius 1 is 1.14 bits per heavy atom. The summed E-state index contributed by atoms with van der Waals surface area (Å²) in [6.07, 6.45) is 5.45. The molecule has 0 radical (unpaired) electrons. The smallest absolute Gasteiger partial charge is 0.258 e. The van der Waals surface area contributed by atoms with Gasteiger partial charge in [-0.2, -0.15) is 5.26 Å². The number of nitrogens with zero attached hydrogens (tertiary/aromatic N) is 5. The summed E-state index contributed by atoms with van der Waals surface area (Å²) in [5, 5.41) is 11.9. The Hall–Kier alpha value is -3.77. The van der Waals surface area contributed by atoms with Crippen LogP contribution in [0.25, 0.3) is 11.2 Å². The molecule has 1 saturated heterocycles. The predicted octanol–water partition coefficient (Wildman–Crippen LogP) is 4.24. The summed E-state index contributed by atoms with van der Waals surface area (Å²) in [4.78, 5) is 36.7. The molecule has 3 heterocycles. The van der Waals surface area contributed by atoms with E-state index in [2.05, 4.69) is 15.3 Å². The van der Waals surface area contributed by atoms with Crippen molar-refractivity contribution in [3.05, 3.63) is 53.2 Å². The van der Waals surface area contributed by atoms with Gasteiger partial charge in [-0.3, -0.25) is 19.5 Å². The first-order chi connectivity index (χ1) is 17.1. The van der Waals surface area contributed by atoms with Crippen molar-refractivity contribution in [3.63, 3.8) is 0 Å². The zero-order valence-electron chi connectivity index (χ0n) is 20.6. The summed E-state index contributed by atoms with van der Waals surface area (Å²) in [6.45, 7) is 6.59. The minimum atomic E-state index is -0.375. The maximum absolute atomic E-state index is 12.9. The van der Waals surface area contributed by atoms with Gasteiger partial charge in [-0.25, -0.2) is 9.97 Å². The van der Waals surface area contributed by atoms with E-state index in [9.17, 15) is 9.59 Å². The van der Waals surface area contributed by atoms with E-state index >= 15 is 0 Å². The van der Waals surface area contributed by atoms with E-state index in [1.807, 2.05) is 29.4 Å². The van der Waals surface area contributed by atoms with Gasteiger partial charge in [0.1, 0.15) is 5.52 Å². The van der Waals surface area contributed by atoms with Crippen LogP contribution in [0.5, 0.6) is 0 Å². The van der Waals surface area contributed by atoms with Gasteiger partial charge in [-0.1, -0.05) is 19.9 Å². The molecule has 1 fully saturated rings. The van der Waals surface area contributed by atoms with Crippen molar-refractivity contribution in [3.8, 4) is 6.07 Å². The van der Waals surface area contributed by atoms with Gasteiger partial charge < -0.3 is 9.64 Å². The molecule has 3 aromatic rings. The van der Waals surface area contributed by atoms with Crippen molar-refractivity contribution in [2.45, 2.75) is 46.1 Å². The van der Waals surface area contributed by atoms with Gasteiger partial charge in [0.15, 0.2) is 5.65 Å². The lowest BCUT2D eigenvalue weighted by atomic mass is 10.1. The second-order valence-electron chi connectivity index (χ2n) is 8.00. The maximum Gasteiger partial charge on any atom is 0.258 e. The Kier molecular flexibility index (Phi) is 9.32. The van der Waals surface area contributed by atoms with E-state index < -0.39 is 0 Å². The molecule has 4 rings (SSSR count). The van der Waals surface area contributed by atoms with E-state index in [0.717, 1.165) is 32.4 Å². The van der Waals surface area contributed by atoms with Crippen LogP contribution in [0.3, 0.4) is 0 Å².